The summed E-state index contributed by atoms with van der Waals surface area (Å²) in [7, 11) is 1.78. The Labute approximate surface area is 132 Å². The number of carbonyl (C=O) groups excluding carboxylic acids is 1. The van der Waals surface area contributed by atoms with Crippen molar-refractivity contribution >= 4 is 11.6 Å². The van der Waals surface area contributed by atoms with Crippen LogP contribution in [-0.4, -0.2) is 39.0 Å². The zero-order chi connectivity index (χ0) is 16.0. The lowest BCUT2D eigenvalue weighted by atomic mass is 10.0. The van der Waals surface area contributed by atoms with Crippen molar-refractivity contribution in [2.24, 2.45) is 0 Å². The van der Waals surface area contributed by atoms with Gasteiger partial charge in [-0.15, -0.1) is 0 Å². The molecule has 4 rings (SSSR count). The number of likely N-dealkylation sites (tertiary alicyclic amines) is 1. The van der Waals surface area contributed by atoms with E-state index < -0.39 is 0 Å². The highest BCUT2D eigenvalue weighted by atomic mass is 16.2. The van der Waals surface area contributed by atoms with Crippen molar-refractivity contribution < 1.29 is 4.79 Å². The normalized spacial score (nSPS) is 18.0. The van der Waals surface area contributed by atoms with Crippen LogP contribution in [0.5, 0.6) is 0 Å². The van der Waals surface area contributed by atoms with Gasteiger partial charge in [-0.05, 0) is 5.56 Å². The molecular weight excluding hydrogens is 292 g/mol. The van der Waals surface area contributed by atoms with Gasteiger partial charge in [0.05, 0.1) is 5.69 Å². The Hall–Kier alpha value is -2.89. The first-order valence-corrected chi connectivity index (χ1v) is 7.54. The maximum absolute atomic E-state index is 12.4. The molecule has 3 heterocycles. The summed E-state index contributed by atoms with van der Waals surface area (Å²) in [5.74, 6) is 0.0677. The number of rotatable bonds is 2. The van der Waals surface area contributed by atoms with E-state index in [4.69, 9.17) is 0 Å². The van der Waals surface area contributed by atoms with Gasteiger partial charge in [0, 0.05) is 43.8 Å². The number of H-pyrrole nitrogens is 1. The largest absolute Gasteiger partial charge is 0.345 e. The minimum absolute atomic E-state index is 0.0243. The average molecular weight is 308 g/mol. The van der Waals surface area contributed by atoms with E-state index in [1.165, 1.54) is 10.6 Å². The third kappa shape index (κ3) is 2.23. The average Bonchev–Trinajstić information content (AvgIpc) is 3.12. The van der Waals surface area contributed by atoms with Crippen molar-refractivity contribution in [3.63, 3.8) is 0 Å². The monoisotopic (exact) mass is 308 g/mol. The van der Waals surface area contributed by atoms with Crippen LogP contribution in [0.1, 0.15) is 18.0 Å². The molecule has 1 fully saturated rings. The highest BCUT2D eigenvalue weighted by Gasteiger charge is 2.29. The number of benzene rings is 1. The van der Waals surface area contributed by atoms with Crippen LogP contribution in [0, 0.1) is 0 Å². The highest BCUT2D eigenvalue weighted by Crippen LogP contribution is 2.27. The zero-order valence-electron chi connectivity index (χ0n) is 12.7. The van der Waals surface area contributed by atoms with E-state index in [0.717, 1.165) is 11.1 Å². The first-order valence-electron chi connectivity index (χ1n) is 7.54. The second-order valence-corrected chi connectivity index (χ2v) is 5.91. The number of hydrogen-bond acceptors (Lipinski definition) is 3. The second-order valence-electron chi connectivity index (χ2n) is 5.91. The molecule has 0 radical (unpaired) electrons. The van der Waals surface area contributed by atoms with Crippen LogP contribution >= 0.6 is 0 Å². The van der Waals surface area contributed by atoms with Gasteiger partial charge in [-0.2, -0.15) is 0 Å². The van der Waals surface area contributed by atoms with Crippen LogP contribution in [0.25, 0.3) is 16.8 Å². The SMILES string of the molecule is CN1CC(c2cc(=O)n3[nH]cc(-c4ccccc4)c3n2)CC1=O. The van der Waals surface area contributed by atoms with Gasteiger partial charge in [-0.25, -0.2) is 9.50 Å². The Bertz CT molecular complexity index is 942. The summed E-state index contributed by atoms with van der Waals surface area (Å²) in [5, 5.41) is 2.95. The Morgan fingerprint density at radius 3 is 2.70 bits per heavy atom. The van der Waals surface area contributed by atoms with Crippen LogP contribution < -0.4 is 5.56 Å². The molecule has 1 saturated heterocycles. The van der Waals surface area contributed by atoms with E-state index in [1.807, 2.05) is 30.3 Å². The maximum Gasteiger partial charge on any atom is 0.272 e. The summed E-state index contributed by atoms with van der Waals surface area (Å²) in [5.41, 5.74) is 3.00. The third-order valence-corrected chi connectivity index (χ3v) is 4.36. The van der Waals surface area contributed by atoms with E-state index in [9.17, 15) is 9.59 Å². The van der Waals surface area contributed by atoms with Crippen molar-refractivity contribution in [2.45, 2.75) is 12.3 Å². The fraction of sp³-hybridized carbons (Fsp3) is 0.235. The van der Waals surface area contributed by atoms with Crippen LogP contribution in [0.4, 0.5) is 0 Å². The van der Waals surface area contributed by atoms with Gasteiger partial charge in [-0.1, -0.05) is 30.3 Å². The number of hydrogen-bond donors (Lipinski definition) is 1. The summed E-state index contributed by atoms with van der Waals surface area (Å²) in [6.45, 7) is 0.604. The summed E-state index contributed by atoms with van der Waals surface area (Å²) >= 11 is 0. The molecule has 1 aromatic carbocycles. The molecule has 1 atom stereocenters. The Morgan fingerprint density at radius 2 is 2.00 bits per heavy atom. The summed E-state index contributed by atoms with van der Waals surface area (Å²) < 4.78 is 1.44. The van der Waals surface area contributed by atoms with Crippen molar-refractivity contribution in [2.75, 3.05) is 13.6 Å². The maximum atomic E-state index is 12.4. The van der Waals surface area contributed by atoms with E-state index in [1.54, 1.807) is 18.1 Å². The first-order chi connectivity index (χ1) is 11.1. The fourth-order valence-electron chi connectivity index (χ4n) is 3.10. The van der Waals surface area contributed by atoms with Crippen molar-refractivity contribution in [1.29, 1.82) is 0 Å². The molecule has 116 valence electrons. The number of likely N-dealkylation sites (N-methyl/N-ethyl adjacent to an activating group) is 1. The number of aromatic amines is 1. The predicted molar refractivity (Wildman–Crippen MR) is 86.2 cm³/mol. The summed E-state index contributed by atoms with van der Waals surface area (Å²) in [6.07, 6.45) is 2.19. The molecule has 0 bridgehead atoms. The Morgan fingerprint density at radius 1 is 1.22 bits per heavy atom. The van der Waals surface area contributed by atoms with Gasteiger partial charge in [0.2, 0.25) is 5.91 Å². The number of nitrogens with zero attached hydrogens (tertiary/aromatic N) is 3. The molecule has 1 unspecified atom stereocenters. The third-order valence-electron chi connectivity index (χ3n) is 4.36. The molecule has 23 heavy (non-hydrogen) atoms. The van der Waals surface area contributed by atoms with Gasteiger partial charge >= 0.3 is 0 Å². The predicted octanol–water partition coefficient (Wildman–Crippen LogP) is 1.64. The molecular formula is C17H16N4O2. The van der Waals surface area contributed by atoms with Crippen molar-refractivity contribution in [3.05, 3.63) is 58.6 Å². The number of fused-ring (bicyclic) bond motifs is 1. The number of carbonyl (C=O) groups is 1. The first kappa shape index (κ1) is 13.8. The lowest BCUT2D eigenvalue weighted by Gasteiger charge is -2.10. The molecule has 2 aromatic heterocycles. The lowest BCUT2D eigenvalue weighted by Crippen LogP contribution is -2.20. The topological polar surface area (TPSA) is 70.5 Å². The van der Waals surface area contributed by atoms with Crippen LogP contribution in [-0.2, 0) is 4.79 Å². The molecule has 0 saturated carbocycles. The van der Waals surface area contributed by atoms with Crippen LogP contribution in [0.3, 0.4) is 0 Å². The molecule has 3 aromatic rings. The van der Waals surface area contributed by atoms with Gasteiger partial charge in [0.15, 0.2) is 5.65 Å². The minimum Gasteiger partial charge on any atom is -0.345 e. The van der Waals surface area contributed by atoms with E-state index in [-0.39, 0.29) is 17.4 Å². The molecule has 1 aliphatic heterocycles. The second kappa shape index (κ2) is 5.08. The molecule has 6 nitrogen and oxygen atoms in total. The van der Waals surface area contributed by atoms with E-state index >= 15 is 0 Å². The smallest absolute Gasteiger partial charge is 0.272 e. The Balaban J connectivity index is 1.86. The fourth-order valence-corrected chi connectivity index (χ4v) is 3.10. The highest BCUT2D eigenvalue weighted by molar-refractivity contribution is 5.80. The van der Waals surface area contributed by atoms with E-state index in [0.29, 0.717) is 24.3 Å². The van der Waals surface area contributed by atoms with E-state index in [2.05, 4.69) is 10.1 Å². The molecule has 1 N–H and O–H groups in total. The van der Waals surface area contributed by atoms with Gasteiger partial charge in [0.25, 0.3) is 5.56 Å². The van der Waals surface area contributed by atoms with Gasteiger partial charge in [0.1, 0.15) is 0 Å². The lowest BCUT2D eigenvalue weighted by molar-refractivity contribution is -0.126. The van der Waals surface area contributed by atoms with Gasteiger partial charge in [-0.3, -0.25) is 14.7 Å². The molecule has 1 aliphatic rings. The Kier molecular flexibility index (Phi) is 3.04. The summed E-state index contributed by atoms with van der Waals surface area (Å²) in [6, 6.07) is 11.3. The van der Waals surface area contributed by atoms with Crippen molar-refractivity contribution in [1.82, 2.24) is 19.5 Å². The van der Waals surface area contributed by atoms with Crippen LogP contribution in [0.15, 0.2) is 47.4 Å². The standard InChI is InChI=1S/C17H16N4O2/c1-20-10-12(7-15(20)22)14-8-16(23)21-17(19-14)13(9-18-21)11-5-3-2-4-6-11/h2-6,8-9,12,18H,7,10H2,1H3. The summed E-state index contributed by atoms with van der Waals surface area (Å²) in [4.78, 5) is 30.5. The van der Waals surface area contributed by atoms with Gasteiger partial charge < -0.3 is 4.90 Å². The molecule has 0 spiro atoms. The van der Waals surface area contributed by atoms with Crippen molar-refractivity contribution in [3.8, 4) is 11.1 Å². The molecule has 6 heteroatoms. The number of amides is 1. The van der Waals surface area contributed by atoms with Crippen LogP contribution in [0.2, 0.25) is 0 Å². The quantitative estimate of drug-likeness (QED) is 0.782. The molecule has 0 aliphatic carbocycles. The molecule has 1 amide bonds. The number of aromatic nitrogens is 3. The zero-order valence-corrected chi connectivity index (χ0v) is 12.7. The minimum atomic E-state index is -0.158. The number of nitrogens with one attached hydrogen (secondary N) is 1.